The Bertz CT molecular complexity index is 1210. The zero-order valence-corrected chi connectivity index (χ0v) is 16.6. The molecule has 0 unspecified atom stereocenters. The summed E-state index contributed by atoms with van der Waals surface area (Å²) < 4.78 is 0. The summed E-state index contributed by atoms with van der Waals surface area (Å²) in [6.07, 6.45) is 0. The van der Waals surface area contributed by atoms with Crippen molar-refractivity contribution in [1.82, 2.24) is 10.2 Å². The molecule has 0 saturated carbocycles. The molecular formula is C22H17N7S. The van der Waals surface area contributed by atoms with Gasteiger partial charge in [0.15, 0.2) is 11.8 Å². The van der Waals surface area contributed by atoms with Gasteiger partial charge >= 0.3 is 0 Å². The molecule has 0 aliphatic heterocycles. The smallest absolute Gasteiger partial charge is 0.199 e. The van der Waals surface area contributed by atoms with Crippen LogP contribution in [-0.2, 0) is 0 Å². The Morgan fingerprint density at radius 2 is 1.70 bits per heavy atom. The molecule has 0 amide bonds. The third-order valence-electron chi connectivity index (χ3n) is 4.18. The zero-order valence-electron chi connectivity index (χ0n) is 15.8. The van der Waals surface area contributed by atoms with E-state index >= 15 is 0 Å². The second-order valence-electron chi connectivity index (χ2n) is 6.21. The van der Waals surface area contributed by atoms with Crippen molar-refractivity contribution in [2.75, 3.05) is 10.6 Å². The van der Waals surface area contributed by atoms with E-state index in [4.69, 9.17) is 5.73 Å². The van der Waals surface area contributed by atoms with Gasteiger partial charge in [0.1, 0.15) is 11.1 Å². The summed E-state index contributed by atoms with van der Waals surface area (Å²) in [6, 6.07) is 24.9. The van der Waals surface area contributed by atoms with Crippen LogP contribution in [0.4, 0.5) is 22.2 Å². The van der Waals surface area contributed by atoms with Crippen LogP contribution in [0.25, 0.3) is 11.3 Å². The average molecular weight is 411 g/mol. The summed E-state index contributed by atoms with van der Waals surface area (Å²) in [5.74, 6) is 0.577. The summed E-state index contributed by atoms with van der Waals surface area (Å²) in [5.41, 5.74) is 9.92. The maximum atomic E-state index is 9.21. The Labute approximate surface area is 177 Å². The van der Waals surface area contributed by atoms with E-state index in [9.17, 15) is 5.26 Å². The van der Waals surface area contributed by atoms with Gasteiger partial charge in [-0.15, -0.1) is 21.5 Å². The third kappa shape index (κ3) is 4.43. The highest BCUT2D eigenvalue weighted by Crippen LogP contribution is 2.30. The molecule has 0 aliphatic carbocycles. The number of rotatable bonds is 5. The number of nitrogens with one attached hydrogen (secondary N) is 2. The van der Waals surface area contributed by atoms with Crippen molar-refractivity contribution >= 4 is 39.5 Å². The summed E-state index contributed by atoms with van der Waals surface area (Å²) in [6.45, 7) is 0. The SMILES string of the molecule is N#Cc1ccsc1Nc1ccccc1NC(N)=Nc1ccc(-c2ccccc2)nn1. The molecule has 4 aromatic rings. The molecule has 0 spiro atoms. The number of thiophene rings is 1. The van der Waals surface area contributed by atoms with Gasteiger partial charge in [0.05, 0.1) is 22.6 Å². The van der Waals surface area contributed by atoms with Crippen LogP contribution in [0.3, 0.4) is 0 Å². The van der Waals surface area contributed by atoms with Crippen LogP contribution >= 0.6 is 11.3 Å². The first-order valence-electron chi connectivity index (χ1n) is 9.07. The van der Waals surface area contributed by atoms with Gasteiger partial charge < -0.3 is 16.4 Å². The summed E-state index contributed by atoms with van der Waals surface area (Å²) in [5, 5.41) is 26.5. The highest BCUT2D eigenvalue weighted by molar-refractivity contribution is 7.14. The summed E-state index contributed by atoms with van der Waals surface area (Å²) in [4.78, 5) is 4.29. The minimum atomic E-state index is 0.178. The minimum Gasteiger partial charge on any atom is -0.369 e. The first-order chi connectivity index (χ1) is 14.7. The van der Waals surface area contributed by atoms with E-state index in [1.54, 1.807) is 12.1 Å². The number of hydrogen-bond donors (Lipinski definition) is 3. The van der Waals surface area contributed by atoms with Crippen LogP contribution in [0.2, 0.25) is 0 Å². The van der Waals surface area contributed by atoms with Gasteiger partial charge in [-0.3, -0.25) is 0 Å². The molecule has 7 nitrogen and oxygen atoms in total. The zero-order chi connectivity index (χ0) is 20.8. The van der Waals surface area contributed by atoms with E-state index in [1.807, 2.05) is 66.0 Å². The standard InChI is InChI=1S/C22H17N7S/c23-14-16-12-13-30-21(16)25-18-8-4-5-9-19(18)26-22(24)27-20-11-10-17(28-29-20)15-6-2-1-3-7-15/h1-13,25H,(H3,24,26,27,29). The van der Waals surface area contributed by atoms with Crippen molar-refractivity contribution in [2.45, 2.75) is 0 Å². The van der Waals surface area contributed by atoms with Crippen molar-refractivity contribution in [2.24, 2.45) is 10.7 Å². The van der Waals surface area contributed by atoms with Crippen LogP contribution in [0.15, 0.2) is 83.2 Å². The number of anilines is 3. The van der Waals surface area contributed by atoms with Crippen LogP contribution in [0, 0.1) is 11.3 Å². The molecule has 2 aromatic heterocycles. The number of nitriles is 1. The number of aliphatic imine (C=N–C) groups is 1. The molecule has 0 bridgehead atoms. The molecule has 0 aliphatic rings. The fraction of sp³-hybridized carbons (Fsp3) is 0. The van der Waals surface area contributed by atoms with Gasteiger partial charge in [-0.1, -0.05) is 42.5 Å². The molecule has 0 atom stereocenters. The van der Waals surface area contributed by atoms with E-state index < -0.39 is 0 Å². The van der Waals surface area contributed by atoms with Gasteiger partial charge in [0, 0.05) is 5.56 Å². The Morgan fingerprint density at radius 1 is 0.933 bits per heavy atom. The predicted octanol–water partition coefficient (Wildman–Crippen LogP) is 4.88. The lowest BCUT2D eigenvalue weighted by Gasteiger charge is -2.12. The molecule has 4 N–H and O–H groups in total. The van der Waals surface area contributed by atoms with E-state index in [0.29, 0.717) is 11.4 Å². The maximum absolute atomic E-state index is 9.21. The molecule has 0 saturated heterocycles. The molecule has 8 heteroatoms. The maximum Gasteiger partial charge on any atom is 0.199 e. The lowest BCUT2D eigenvalue weighted by Crippen LogP contribution is -2.22. The lowest BCUT2D eigenvalue weighted by molar-refractivity contribution is 1.03. The Hall–Kier alpha value is -4.22. The van der Waals surface area contributed by atoms with Crippen LogP contribution in [0.1, 0.15) is 5.56 Å². The van der Waals surface area contributed by atoms with E-state index in [1.165, 1.54) is 11.3 Å². The second-order valence-corrected chi connectivity index (χ2v) is 7.13. The fourth-order valence-corrected chi connectivity index (χ4v) is 3.50. The lowest BCUT2D eigenvalue weighted by atomic mass is 10.1. The minimum absolute atomic E-state index is 0.178. The van der Waals surface area contributed by atoms with Crippen molar-refractivity contribution in [3.63, 3.8) is 0 Å². The highest BCUT2D eigenvalue weighted by atomic mass is 32.1. The number of nitrogens with two attached hydrogens (primary N) is 1. The van der Waals surface area contributed by atoms with Gasteiger partial charge in [-0.25, -0.2) is 0 Å². The highest BCUT2D eigenvalue weighted by Gasteiger charge is 2.08. The first-order valence-corrected chi connectivity index (χ1v) is 9.95. The van der Waals surface area contributed by atoms with E-state index in [0.717, 1.165) is 27.6 Å². The summed E-state index contributed by atoms with van der Waals surface area (Å²) in [7, 11) is 0. The van der Waals surface area contributed by atoms with Gasteiger partial charge in [-0.05, 0) is 35.7 Å². The molecular weight excluding hydrogens is 394 g/mol. The average Bonchev–Trinajstić information content (AvgIpc) is 3.23. The van der Waals surface area contributed by atoms with Crippen LogP contribution in [0.5, 0.6) is 0 Å². The molecule has 2 aromatic carbocycles. The molecule has 4 rings (SSSR count). The number of hydrogen-bond acceptors (Lipinski definition) is 6. The normalized spacial score (nSPS) is 11.0. The van der Waals surface area contributed by atoms with E-state index in [2.05, 4.69) is 31.9 Å². The molecule has 0 fully saturated rings. The topological polar surface area (TPSA) is 112 Å². The summed E-state index contributed by atoms with van der Waals surface area (Å²) >= 11 is 1.46. The number of para-hydroxylation sites is 2. The molecule has 2 heterocycles. The molecule has 30 heavy (non-hydrogen) atoms. The Balaban J connectivity index is 1.51. The van der Waals surface area contributed by atoms with Gasteiger partial charge in [0.25, 0.3) is 0 Å². The number of benzene rings is 2. The number of aromatic nitrogens is 2. The Kier molecular flexibility index (Phi) is 5.64. The van der Waals surface area contributed by atoms with Crippen molar-refractivity contribution in [3.05, 3.63) is 83.7 Å². The Morgan fingerprint density at radius 3 is 2.43 bits per heavy atom. The largest absolute Gasteiger partial charge is 0.369 e. The molecule has 0 radical (unpaired) electrons. The van der Waals surface area contributed by atoms with Gasteiger partial charge in [0.2, 0.25) is 0 Å². The van der Waals surface area contributed by atoms with Crippen molar-refractivity contribution in [1.29, 1.82) is 5.26 Å². The van der Waals surface area contributed by atoms with Crippen LogP contribution in [-0.4, -0.2) is 16.2 Å². The fourth-order valence-electron chi connectivity index (χ4n) is 2.75. The third-order valence-corrected chi connectivity index (χ3v) is 5.01. The second kappa shape index (κ2) is 8.86. The van der Waals surface area contributed by atoms with Gasteiger partial charge in [-0.2, -0.15) is 10.3 Å². The van der Waals surface area contributed by atoms with Crippen molar-refractivity contribution in [3.8, 4) is 17.3 Å². The quantitative estimate of drug-likeness (QED) is 0.319. The van der Waals surface area contributed by atoms with Crippen LogP contribution < -0.4 is 16.4 Å². The monoisotopic (exact) mass is 411 g/mol. The number of nitrogens with zero attached hydrogens (tertiary/aromatic N) is 4. The number of guanidine groups is 1. The first kappa shape index (κ1) is 19.1. The van der Waals surface area contributed by atoms with Crippen molar-refractivity contribution < 1.29 is 0 Å². The van der Waals surface area contributed by atoms with E-state index in [-0.39, 0.29) is 5.96 Å². The predicted molar refractivity (Wildman–Crippen MR) is 121 cm³/mol. The molecule has 146 valence electrons.